The summed E-state index contributed by atoms with van der Waals surface area (Å²) in [6.07, 6.45) is 0. The van der Waals surface area contributed by atoms with Crippen LogP contribution in [0.1, 0.15) is 6.92 Å². The van der Waals surface area contributed by atoms with Crippen LogP contribution in [0.15, 0.2) is 56.3 Å². The lowest BCUT2D eigenvalue weighted by atomic mass is 10.3. The summed E-state index contributed by atoms with van der Waals surface area (Å²) in [6, 6.07) is 12.5. The molecule has 0 saturated heterocycles. The summed E-state index contributed by atoms with van der Waals surface area (Å²) < 4.78 is 31.0. The summed E-state index contributed by atoms with van der Waals surface area (Å²) in [5.41, 5.74) is 1.64. The van der Waals surface area contributed by atoms with E-state index in [2.05, 4.69) is 41.6 Å². The topological polar surface area (TPSA) is 64.0 Å². The largest absolute Gasteiger partial charge is 0.310 e. The molecule has 2 aromatic carbocycles. The molecule has 0 unspecified atom stereocenters. The molecule has 8 heteroatoms. The average Bonchev–Trinajstić information content (AvgIpc) is 2.85. The number of nitrogens with one attached hydrogen (secondary N) is 1. The number of hydrogen-bond acceptors (Lipinski definition) is 3. The van der Waals surface area contributed by atoms with Crippen LogP contribution < -0.4 is 4.72 Å². The molecule has 0 aliphatic rings. The molecule has 0 amide bonds. The van der Waals surface area contributed by atoms with Gasteiger partial charge >= 0.3 is 0 Å². The third kappa shape index (κ3) is 3.15. The number of imidazole rings is 1. The number of hydrogen-bond donors (Lipinski definition) is 1. The predicted octanol–water partition coefficient (Wildman–Crippen LogP) is 4.38. The van der Waals surface area contributed by atoms with Crippen molar-refractivity contribution in [1.29, 1.82) is 0 Å². The van der Waals surface area contributed by atoms with Gasteiger partial charge in [-0.3, -0.25) is 0 Å². The zero-order chi connectivity index (χ0) is 16.6. The molecule has 0 fully saturated rings. The first-order valence-electron chi connectivity index (χ1n) is 6.85. The minimum atomic E-state index is -3.76. The van der Waals surface area contributed by atoms with Gasteiger partial charge in [0.2, 0.25) is 5.95 Å². The summed E-state index contributed by atoms with van der Waals surface area (Å²) in [5.74, 6) is 0.306. The Bertz CT molecular complexity index is 984. The van der Waals surface area contributed by atoms with Crippen molar-refractivity contribution in [3.8, 4) is 0 Å². The predicted molar refractivity (Wildman–Crippen MR) is 98.1 cm³/mol. The van der Waals surface area contributed by atoms with E-state index in [0.29, 0.717) is 21.4 Å². The highest BCUT2D eigenvalue weighted by Crippen LogP contribution is 2.28. The lowest BCUT2D eigenvalue weighted by Crippen LogP contribution is -2.17. The number of aromatic nitrogens is 2. The van der Waals surface area contributed by atoms with E-state index in [0.717, 1.165) is 11.0 Å². The maximum Gasteiger partial charge on any atom is 0.265 e. The van der Waals surface area contributed by atoms with Crippen molar-refractivity contribution in [1.82, 2.24) is 9.55 Å². The molecule has 23 heavy (non-hydrogen) atoms. The van der Waals surface area contributed by atoms with Crippen molar-refractivity contribution in [3.63, 3.8) is 0 Å². The summed E-state index contributed by atoms with van der Waals surface area (Å²) in [6.45, 7) is 2.55. The molecule has 0 atom stereocenters. The maximum absolute atomic E-state index is 12.7. The van der Waals surface area contributed by atoms with Crippen LogP contribution in [-0.4, -0.2) is 18.0 Å². The highest BCUT2D eigenvalue weighted by atomic mass is 79.9. The summed E-state index contributed by atoms with van der Waals surface area (Å²) in [5, 5.41) is 0. The molecule has 1 aromatic heterocycles. The summed E-state index contributed by atoms with van der Waals surface area (Å²) >= 11 is 6.58. The van der Waals surface area contributed by atoms with E-state index in [9.17, 15) is 8.42 Å². The van der Waals surface area contributed by atoms with Crippen LogP contribution in [0.5, 0.6) is 0 Å². The van der Waals surface area contributed by atoms with Gasteiger partial charge in [0.1, 0.15) is 4.90 Å². The first-order chi connectivity index (χ1) is 10.9. The first kappa shape index (κ1) is 16.5. The fourth-order valence-electron chi connectivity index (χ4n) is 2.33. The van der Waals surface area contributed by atoms with Crippen molar-refractivity contribution < 1.29 is 8.42 Å². The number of aryl methyl sites for hydroxylation is 1. The maximum atomic E-state index is 12.7. The molecule has 0 saturated carbocycles. The molecule has 3 aromatic rings. The molecular weight excluding hydrogens is 446 g/mol. The monoisotopic (exact) mass is 457 g/mol. The van der Waals surface area contributed by atoms with Gasteiger partial charge in [-0.15, -0.1) is 0 Å². The molecule has 1 N–H and O–H groups in total. The van der Waals surface area contributed by atoms with Gasteiger partial charge in [-0.25, -0.2) is 18.1 Å². The fourth-order valence-corrected chi connectivity index (χ4v) is 4.84. The highest BCUT2D eigenvalue weighted by Gasteiger charge is 2.21. The Labute approximate surface area is 151 Å². The van der Waals surface area contributed by atoms with Gasteiger partial charge in [-0.2, -0.15) is 0 Å². The molecule has 3 rings (SSSR count). The van der Waals surface area contributed by atoms with Gasteiger partial charge < -0.3 is 4.57 Å². The van der Waals surface area contributed by atoms with Crippen LogP contribution in [0.3, 0.4) is 0 Å². The lowest BCUT2D eigenvalue weighted by molar-refractivity contribution is 0.599. The second-order valence-corrected chi connectivity index (χ2v) is 8.27. The second-order valence-electron chi connectivity index (χ2n) is 4.85. The van der Waals surface area contributed by atoms with Crippen molar-refractivity contribution in [2.75, 3.05) is 4.72 Å². The SMILES string of the molecule is CCn1c(NS(=O)(=O)c2cc(Br)ccc2Br)nc2ccccc21. The van der Waals surface area contributed by atoms with E-state index < -0.39 is 10.0 Å². The number of halogens is 2. The molecule has 1 heterocycles. The van der Waals surface area contributed by atoms with Gasteiger partial charge in [-0.1, -0.05) is 28.1 Å². The number of para-hydroxylation sites is 2. The Kier molecular flexibility index (Phi) is 4.48. The fraction of sp³-hybridized carbons (Fsp3) is 0.133. The molecule has 0 aliphatic carbocycles. The first-order valence-corrected chi connectivity index (χ1v) is 9.92. The normalized spacial score (nSPS) is 11.8. The van der Waals surface area contributed by atoms with Crippen LogP contribution in [0.25, 0.3) is 11.0 Å². The number of benzene rings is 2. The van der Waals surface area contributed by atoms with Crippen molar-refractivity contribution in [2.45, 2.75) is 18.4 Å². The van der Waals surface area contributed by atoms with E-state index in [4.69, 9.17) is 0 Å². The minimum absolute atomic E-state index is 0.154. The zero-order valence-electron chi connectivity index (χ0n) is 12.1. The van der Waals surface area contributed by atoms with Gasteiger partial charge in [0, 0.05) is 15.5 Å². The number of anilines is 1. The highest BCUT2D eigenvalue weighted by molar-refractivity contribution is 9.11. The Morgan fingerprint density at radius 3 is 2.65 bits per heavy atom. The Morgan fingerprint density at radius 1 is 1.17 bits per heavy atom. The molecule has 0 bridgehead atoms. The van der Waals surface area contributed by atoms with E-state index in [1.807, 2.05) is 35.8 Å². The Balaban J connectivity index is 2.09. The number of fused-ring (bicyclic) bond motifs is 1. The van der Waals surface area contributed by atoms with Crippen LogP contribution in [-0.2, 0) is 16.6 Å². The van der Waals surface area contributed by atoms with E-state index >= 15 is 0 Å². The van der Waals surface area contributed by atoms with Gasteiger partial charge in [0.15, 0.2) is 0 Å². The quantitative estimate of drug-likeness (QED) is 0.630. The molecule has 0 radical (unpaired) electrons. The molecule has 0 aliphatic heterocycles. The average molecular weight is 459 g/mol. The lowest BCUT2D eigenvalue weighted by Gasteiger charge is -2.11. The number of rotatable bonds is 4. The molecule has 5 nitrogen and oxygen atoms in total. The summed E-state index contributed by atoms with van der Waals surface area (Å²) in [7, 11) is -3.76. The van der Waals surface area contributed by atoms with Crippen LogP contribution >= 0.6 is 31.9 Å². The smallest absolute Gasteiger partial charge is 0.265 e. The Morgan fingerprint density at radius 2 is 1.91 bits per heavy atom. The van der Waals surface area contributed by atoms with Crippen molar-refractivity contribution >= 4 is 58.9 Å². The van der Waals surface area contributed by atoms with Crippen LogP contribution in [0, 0.1) is 0 Å². The van der Waals surface area contributed by atoms with Gasteiger partial charge in [-0.05, 0) is 53.2 Å². The van der Waals surface area contributed by atoms with E-state index in [-0.39, 0.29) is 4.90 Å². The third-order valence-electron chi connectivity index (χ3n) is 3.38. The third-order valence-corrected chi connectivity index (χ3v) is 6.19. The van der Waals surface area contributed by atoms with Crippen molar-refractivity contribution in [3.05, 3.63) is 51.4 Å². The van der Waals surface area contributed by atoms with E-state index in [1.165, 1.54) is 0 Å². The molecule has 120 valence electrons. The number of sulfonamides is 1. The van der Waals surface area contributed by atoms with Crippen molar-refractivity contribution in [2.24, 2.45) is 0 Å². The van der Waals surface area contributed by atoms with E-state index in [1.54, 1.807) is 18.2 Å². The second kappa shape index (κ2) is 6.26. The number of nitrogens with zero attached hydrogens (tertiary/aromatic N) is 2. The summed E-state index contributed by atoms with van der Waals surface area (Å²) in [4.78, 5) is 4.55. The zero-order valence-corrected chi connectivity index (χ0v) is 16.1. The van der Waals surface area contributed by atoms with Gasteiger partial charge in [0.05, 0.1) is 11.0 Å². The Hall–Kier alpha value is -1.38. The standard InChI is InChI=1S/C15H13Br2N3O2S/c1-2-20-13-6-4-3-5-12(13)18-15(20)19-23(21,22)14-9-10(16)7-8-11(14)17/h3-9H,2H2,1H3,(H,18,19). The van der Waals surface area contributed by atoms with Crippen LogP contribution in [0.2, 0.25) is 0 Å². The van der Waals surface area contributed by atoms with Crippen LogP contribution in [0.4, 0.5) is 5.95 Å². The molecule has 0 spiro atoms. The minimum Gasteiger partial charge on any atom is -0.310 e. The van der Waals surface area contributed by atoms with Gasteiger partial charge in [0.25, 0.3) is 10.0 Å². The molecular formula is C15H13Br2N3O2S.